The van der Waals surface area contributed by atoms with Crippen LogP contribution in [-0.4, -0.2) is 27.6 Å². The van der Waals surface area contributed by atoms with Gasteiger partial charge in [-0.2, -0.15) is 13.2 Å². The van der Waals surface area contributed by atoms with Gasteiger partial charge in [-0.3, -0.25) is 0 Å². The molecular weight excluding hydrogens is 471 g/mol. The van der Waals surface area contributed by atoms with E-state index >= 15 is 0 Å². The average Bonchev–Trinajstić information content (AvgIpc) is 3.30. The molecule has 3 heterocycles. The van der Waals surface area contributed by atoms with Gasteiger partial charge in [-0.25, -0.2) is 14.8 Å². The van der Waals surface area contributed by atoms with Gasteiger partial charge in [0.05, 0.1) is 22.2 Å². The van der Waals surface area contributed by atoms with Crippen LogP contribution in [0, 0.1) is 0 Å². The van der Waals surface area contributed by atoms with Gasteiger partial charge in [-0.15, -0.1) is 0 Å². The number of aromatic carboxylic acids is 1. The van der Waals surface area contributed by atoms with E-state index in [4.69, 9.17) is 14.4 Å². The number of para-hydroxylation sites is 1. The SMILES string of the molecule is O=C(O)c1ccc2nc(-c3cc4ccccc4o3)c(N3CCCc4cc(C(F)(F)F)ccc43)nc2c1. The molecule has 0 radical (unpaired) electrons. The molecule has 0 spiro atoms. The van der Waals surface area contributed by atoms with E-state index in [1.807, 2.05) is 35.2 Å². The van der Waals surface area contributed by atoms with E-state index in [0.717, 1.165) is 11.5 Å². The van der Waals surface area contributed by atoms with Gasteiger partial charge in [0.15, 0.2) is 11.6 Å². The molecule has 0 amide bonds. The Hall–Kier alpha value is -4.40. The van der Waals surface area contributed by atoms with Gasteiger partial charge >= 0.3 is 12.1 Å². The summed E-state index contributed by atoms with van der Waals surface area (Å²) in [5.74, 6) is -0.239. The van der Waals surface area contributed by atoms with Crippen molar-refractivity contribution in [3.05, 3.63) is 83.4 Å². The van der Waals surface area contributed by atoms with Crippen molar-refractivity contribution in [2.24, 2.45) is 0 Å². The summed E-state index contributed by atoms with van der Waals surface area (Å²) in [5, 5.41) is 10.3. The maximum absolute atomic E-state index is 13.3. The number of halogens is 3. The molecule has 1 aliphatic heterocycles. The van der Waals surface area contributed by atoms with E-state index in [-0.39, 0.29) is 5.56 Å². The zero-order valence-electron chi connectivity index (χ0n) is 18.7. The number of hydrogen-bond acceptors (Lipinski definition) is 5. The molecule has 0 saturated heterocycles. The molecule has 6 rings (SSSR count). The number of aryl methyl sites for hydroxylation is 1. The first kappa shape index (κ1) is 22.1. The van der Waals surface area contributed by atoms with Crippen molar-refractivity contribution >= 4 is 39.5 Å². The van der Waals surface area contributed by atoms with Crippen LogP contribution >= 0.6 is 0 Å². The lowest BCUT2D eigenvalue weighted by Gasteiger charge is -2.32. The Bertz CT molecular complexity index is 1630. The van der Waals surface area contributed by atoms with Crippen molar-refractivity contribution in [1.29, 1.82) is 0 Å². The van der Waals surface area contributed by atoms with Crippen LogP contribution in [0.3, 0.4) is 0 Å². The number of anilines is 2. The zero-order chi connectivity index (χ0) is 25.0. The number of nitrogens with zero attached hydrogens (tertiary/aromatic N) is 3. The van der Waals surface area contributed by atoms with Crippen LogP contribution in [0.15, 0.2) is 71.1 Å². The number of aromatic nitrogens is 2. The van der Waals surface area contributed by atoms with Crippen molar-refractivity contribution in [2.45, 2.75) is 19.0 Å². The topological polar surface area (TPSA) is 79.5 Å². The molecule has 0 fully saturated rings. The van der Waals surface area contributed by atoms with Crippen molar-refractivity contribution in [1.82, 2.24) is 9.97 Å². The second kappa shape index (κ2) is 8.08. The van der Waals surface area contributed by atoms with Crippen molar-refractivity contribution in [3.8, 4) is 11.5 Å². The number of alkyl halides is 3. The third-order valence-corrected chi connectivity index (χ3v) is 6.33. The quantitative estimate of drug-likeness (QED) is 0.299. The van der Waals surface area contributed by atoms with E-state index in [1.54, 1.807) is 6.07 Å². The maximum Gasteiger partial charge on any atom is 0.416 e. The predicted molar refractivity (Wildman–Crippen MR) is 128 cm³/mol. The molecule has 0 aliphatic carbocycles. The number of benzene rings is 3. The Balaban J connectivity index is 1.58. The molecule has 5 aromatic rings. The molecule has 180 valence electrons. The van der Waals surface area contributed by atoms with Gasteiger partial charge in [0, 0.05) is 17.6 Å². The fourth-order valence-corrected chi connectivity index (χ4v) is 4.62. The van der Waals surface area contributed by atoms with Gasteiger partial charge in [0.2, 0.25) is 0 Å². The van der Waals surface area contributed by atoms with Crippen molar-refractivity contribution in [3.63, 3.8) is 0 Å². The summed E-state index contributed by atoms with van der Waals surface area (Å²) in [6, 6.07) is 17.5. The highest BCUT2D eigenvalue weighted by molar-refractivity contribution is 5.94. The maximum atomic E-state index is 13.3. The first-order valence-electron chi connectivity index (χ1n) is 11.3. The van der Waals surface area contributed by atoms with Crippen LogP contribution in [-0.2, 0) is 12.6 Å². The highest BCUT2D eigenvalue weighted by Gasteiger charge is 2.33. The summed E-state index contributed by atoms with van der Waals surface area (Å²) in [6.45, 7) is 0.504. The van der Waals surface area contributed by atoms with Crippen LogP contribution in [0.5, 0.6) is 0 Å². The van der Waals surface area contributed by atoms with Crippen LogP contribution in [0.4, 0.5) is 24.7 Å². The third-order valence-electron chi connectivity index (χ3n) is 6.33. The monoisotopic (exact) mass is 489 g/mol. The third kappa shape index (κ3) is 3.73. The number of hydrogen-bond donors (Lipinski definition) is 1. The molecule has 2 aromatic heterocycles. The van der Waals surface area contributed by atoms with Crippen molar-refractivity contribution in [2.75, 3.05) is 11.4 Å². The summed E-state index contributed by atoms with van der Waals surface area (Å²) in [6.07, 6.45) is -3.32. The Morgan fingerprint density at radius 1 is 0.972 bits per heavy atom. The number of carboxylic acid groups (broad SMARTS) is 1. The molecular formula is C27H18F3N3O3. The Morgan fingerprint density at radius 3 is 2.58 bits per heavy atom. The second-order valence-electron chi connectivity index (χ2n) is 8.65. The highest BCUT2D eigenvalue weighted by atomic mass is 19.4. The number of carbonyl (C=O) groups is 1. The number of furan rings is 1. The lowest BCUT2D eigenvalue weighted by atomic mass is 9.98. The Morgan fingerprint density at radius 2 is 1.81 bits per heavy atom. The number of fused-ring (bicyclic) bond motifs is 3. The molecule has 36 heavy (non-hydrogen) atoms. The summed E-state index contributed by atoms with van der Waals surface area (Å²) < 4.78 is 46.1. The summed E-state index contributed by atoms with van der Waals surface area (Å²) >= 11 is 0. The minimum atomic E-state index is -4.44. The second-order valence-corrected chi connectivity index (χ2v) is 8.65. The molecule has 9 heteroatoms. The predicted octanol–water partition coefficient (Wildman–Crippen LogP) is 6.84. The normalized spacial score (nSPS) is 13.8. The van der Waals surface area contributed by atoms with Gasteiger partial charge in [-0.1, -0.05) is 18.2 Å². The van der Waals surface area contributed by atoms with Crippen molar-refractivity contribution < 1.29 is 27.5 Å². The van der Waals surface area contributed by atoms with Crippen LogP contribution in [0.25, 0.3) is 33.5 Å². The van der Waals surface area contributed by atoms with Gasteiger partial charge < -0.3 is 14.4 Å². The zero-order valence-corrected chi connectivity index (χ0v) is 18.7. The minimum absolute atomic E-state index is 0.0631. The Kier molecular flexibility index (Phi) is 4.96. The van der Waals surface area contributed by atoms with E-state index in [1.165, 1.54) is 24.3 Å². The average molecular weight is 489 g/mol. The lowest BCUT2D eigenvalue weighted by Crippen LogP contribution is -2.26. The van der Waals surface area contributed by atoms with E-state index < -0.39 is 17.7 Å². The lowest BCUT2D eigenvalue weighted by molar-refractivity contribution is -0.137. The largest absolute Gasteiger partial charge is 0.478 e. The summed E-state index contributed by atoms with van der Waals surface area (Å²) in [4.78, 5) is 22.9. The van der Waals surface area contributed by atoms with Crippen LogP contribution < -0.4 is 4.90 Å². The highest BCUT2D eigenvalue weighted by Crippen LogP contribution is 2.41. The molecule has 0 atom stereocenters. The molecule has 3 aromatic carbocycles. The van der Waals surface area contributed by atoms with E-state index in [2.05, 4.69) is 0 Å². The van der Waals surface area contributed by atoms with Gasteiger partial charge in [0.25, 0.3) is 0 Å². The molecule has 1 N–H and O–H groups in total. The smallest absolute Gasteiger partial charge is 0.416 e. The fourth-order valence-electron chi connectivity index (χ4n) is 4.62. The van der Waals surface area contributed by atoms with Gasteiger partial charge in [0.1, 0.15) is 11.3 Å². The molecule has 0 saturated carbocycles. The first-order valence-corrected chi connectivity index (χ1v) is 11.3. The molecule has 0 unspecified atom stereocenters. The summed E-state index contributed by atoms with van der Waals surface area (Å²) in [5.41, 5.74) is 2.46. The fraction of sp³-hybridized carbons (Fsp3) is 0.148. The van der Waals surface area contributed by atoms with Gasteiger partial charge in [-0.05, 0) is 66.9 Å². The van der Waals surface area contributed by atoms with Crippen LogP contribution in [0.1, 0.15) is 27.9 Å². The standard InChI is InChI=1S/C27H18F3N3O3/c28-27(29,30)18-8-10-21-15(12-18)5-3-11-33(21)25-24(23-14-16-4-1-2-6-22(16)36-23)31-19-9-7-17(26(34)35)13-20(19)32-25/h1-2,4,6-10,12-14H,3,5,11H2,(H,34,35). The Labute approximate surface area is 202 Å². The van der Waals surface area contributed by atoms with E-state index in [0.29, 0.717) is 64.5 Å². The van der Waals surface area contributed by atoms with E-state index in [9.17, 15) is 23.1 Å². The molecule has 6 nitrogen and oxygen atoms in total. The number of carboxylic acids is 1. The first-order chi connectivity index (χ1) is 17.3. The minimum Gasteiger partial charge on any atom is -0.478 e. The molecule has 1 aliphatic rings. The summed E-state index contributed by atoms with van der Waals surface area (Å²) in [7, 11) is 0. The molecule has 0 bridgehead atoms. The van der Waals surface area contributed by atoms with Crippen LogP contribution in [0.2, 0.25) is 0 Å². The number of rotatable bonds is 3.